The fourth-order valence-corrected chi connectivity index (χ4v) is 4.06. The van der Waals surface area contributed by atoms with Crippen molar-refractivity contribution >= 4 is 5.69 Å². The van der Waals surface area contributed by atoms with E-state index in [2.05, 4.69) is 49.9 Å². The van der Waals surface area contributed by atoms with Crippen molar-refractivity contribution in [3.63, 3.8) is 0 Å². The molecule has 2 rings (SSSR count). The molecule has 1 aliphatic heterocycles. The summed E-state index contributed by atoms with van der Waals surface area (Å²) in [5, 5.41) is 8.60. The SMILES string of the molecule is CCc1cccc(C2(C)CCN(CCCCCC#N)CC2C)c1N. The van der Waals surface area contributed by atoms with Crippen molar-refractivity contribution < 1.29 is 0 Å². The Hall–Kier alpha value is -1.53. The second kappa shape index (κ2) is 8.53. The summed E-state index contributed by atoms with van der Waals surface area (Å²) >= 11 is 0. The highest BCUT2D eigenvalue weighted by molar-refractivity contribution is 5.57. The van der Waals surface area contributed by atoms with E-state index in [1.54, 1.807) is 0 Å². The molecule has 0 spiro atoms. The van der Waals surface area contributed by atoms with Gasteiger partial charge in [-0.3, -0.25) is 0 Å². The number of para-hydroxylation sites is 1. The molecular weight excluding hydrogens is 294 g/mol. The predicted molar refractivity (Wildman–Crippen MR) is 102 cm³/mol. The minimum Gasteiger partial charge on any atom is -0.398 e. The van der Waals surface area contributed by atoms with E-state index in [1.165, 1.54) is 30.4 Å². The molecule has 0 radical (unpaired) electrons. The summed E-state index contributed by atoms with van der Waals surface area (Å²) in [4.78, 5) is 2.60. The van der Waals surface area contributed by atoms with Crippen LogP contribution in [0.25, 0.3) is 0 Å². The van der Waals surface area contributed by atoms with E-state index in [4.69, 9.17) is 11.0 Å². The zero-order chi connectivity index (χ0) is 17.6. The van der Waals surface area contributed by atoms with Gasteiger partial charge >= 0.3 is 0 Å². The molecule has 2 unspecified atom stereocenters. The average molecular weight is 328 g/mol. The molecule has 0 aromatic heterocycles. The van der Waals surface area contributed by atoms with Gasteiger partial charge < -0.3 is 10.6 Å². The normalized spacial score (nSPS) is 24.7. The van der Waals surface area contributed by atoms with Crippen LogP contribution < -0.4 is 5.73 Å². The monoisotopic (exact) mass is 327 g/mol. The van der Waals surface area contributed by atoms with Crippen molar-refractivity contribution in [1.29, 1.82) is 5.26 Å². The Morgan fingerprint density at radius 2 is 2.12 bits per heavy atom. The highest BCUT2D eigenvalue weighted by atomic mass is 15.1. The lowest BCUT2D eigenvalue weighted by Crippen LogP contribution is -2.47. The molecule has 0 bridgehead atoms. The number of aryl methyl sites for hydroxylation is 1. The Bertz CT molecular complexity index is 575. The van der Waals surface area contributed by atoms with Crippen LogP contribution in [0.2, 0.25) is 0 Å². The molecule has 1 saturated heterocycles. The van der Waals surface area contributed by atoms with Crippen molar-refractivity contribution in [1.82, 2.24) is 4.90 Å². The summed E-state index contributed by atoms with van der Waals surface area (Å²) in [5.74, 6) is 0.597. The fourth-order valence-electron chi connectivity index (χ4n) is 4.06. The van der Waals surface area contributed by atoms with E-state index >= 15 is 0 Å². The molecule has 24 heavy (non-hydrogen) atoms. The van der Waals surface area contributed by atoms with Gasteiger partial charge in [-0.1, -0.05) is 45.4 Å². The van der Waals surface area contributed by atoms with Gasteiger partial charge in [-0.15, -0.1) is 0 Å². The van der Waals surface area contributed by atoms with E-state index in [9.17, 15) is 0 Å². The van der Waals surface area contributed by atoms with E-state index in [0.717, 1.165) is 38.2 Å². The Kier molecular flexibility index (Phi) is 6.69. The van der Waals surface area contributed by atoms with E-state index < -0.39 is 0 Å². The molecule has 2 N–H and O–H groups in total. The third kappa shape index (κ3) is 4.11. The summed E-state index contributed by atoms with van der Waals surface area (Å²) in [6.45, 7) is 10.4. The van der Waals surface area contributed by atoms with Crippen LogP contribution >= 0.6 is 0 Å². The molecule has 0 aliphatic carbocycles. The molecule has 1 aromatic rings. The van der Waals surface area contributed by atoms with Crippen LogP contribution in [0.3, 0.4) is 0 Å². The van der Waals surface area contributed by atoms with Crippen LogP contribution in [-0.2, 0) is 11.8 Å². The van der Waals surface area contributed by atoms with Gasteiger partial charge in [-0.05, 0) is 61.2 Å². The van der Waals surface area contributed by atoms with Crippen LogP contribution in [0.4, 0.5) is 5.69 Å². The second-order valence-corrected chi connectivity index (χ2v) is 7.57. The average Bonchev–Trinajstić information content (AvgIpc) is 2.58. The predicted octanol–water partition coefficient (Wildman–Crippen LogP) is 4.51. The van der Waals surface area contributed by atoms with Gasteiger partial charge in [0.1, 0.15) is 0 Å². The summed E-state index contributed by atoms with van der Waals surface area (Å²) < 4.78 is 0. The molecule has 1 heterocycles. The molecule has 0 amide bonds. The van der Waals surface area contributed by atoms with Crippen LogP contribution in [0.5, 0.6) is 0 Å². The molecule has 3 heteroatoms. The topological polar surface area (TPSA) is 53.0 Å². The number of benzene rings is 1. The van der Waals surface area contributed by atoms with Gasteiger partial charge in [-0.25, -0.2) is 0 Å². The third-order valence-corrected chi connectivity index (χ3v) is 6.02. The first-order valence-electron chi connectivity index (χ1n) is 9.50. The number of hydrogen-bond acceptors (Lipinski definition) is 3. The van der Waals surface area contributed by atoms with Crippen LogP contribution in [0.15, 0.2) is 18.2 Å². The van der Waals surface area contributed by atoms with Crippen LogP contribution in [0, 0.1) is 17.2 Å². The summed E-state index contributed by atoms with van der Waals surface area (Å²) in [6.07, 6.45) is 6.28. The molecule has 1 fully saturated rings. The maximum absolute atomic E-state index is 8.60. The molecule has 3 nitrogen and oxygen atoms in total. The Morgan fingerprint density at radius 3 is 2.79 bits per heavy atom. The lowest BCUT2D eigenvalue weighted by molar-refractivity contribution is 0.110. The molecule has 1 aromatic carbocycles. The largest absolute Gasteiger partial charge is 0.398 e. The van der Waals surface area contributed by atoms with Crippen LogP contribution in [0.1, 0.15) is 64.0 Å². The number of nitrogens with zero attached hydrogens (tertiary/aromatic N) is 2. The number of nitrogens with two attached hydrogens (primary N) is 1. The number of nitrogen functional groups attached to an aromatic ring is 1. The fraction of sp³-hybridized carbons (Fsp3) is 0.667. The van der Waals surface area contributed by atoms with Crippen LogP contribution in [-0.4, -0.2) is 24.5 Å². The summed E-state index contributed by atoms with van der Waals surface area (Å²) in [7, 11) is 0. The maximum Gasteiger partial charge on any atom is 0.0621 e. The quantitative estimate of drug-likeness (QED) is 0.592. The second-order valence-electron chi connectivity index (χ2n) is 7.57. The zero-order valence-corrected chi connectivity index (χ0v) is 15.6. The van der Waals surface area contributed by atoms with Gasteiger partial charge in [0.25, 0.3) is 0 Å². The van der Waals surface area contributed by atoms with E-state index in [1.807, 2.05) is 0 Å². The number of anilines is 1. The Balaban J connectivity index is 1.98. The first-order valence-corrected chi connectivity index (χ1v) is 9.50. The molecule has 132 valence electrons. The van der Waals surface area contributed by atoms with Gasteiger partial charge in [-0.2, -0.15) is 5.26 Å². The highest BCUT2D eigenvalue weighted by Crippen LogP contribution is 2.42. The van der Waals surface area contributed by atoms with E-state index in [-0.39, 0.29) is 5.41 Å². The zero-order valence-electron chi connectivity index (χ0n) is 15.6. The lowest BCUT2D eigenvalue weighted by Gasteiger charge is -2.45. The minimum atomic E-state index is 0.173. The number of unbranched alkanes of at least 4 members (excludes halogenated alkanes) is 3. The Labute approximate surface area is 147 Å². The van der Waals surface area contributed by atoms with Crippen molar-refractivity contribution in [2.75, 3.05) is 25.4 Å². The molecule has 0 saturated carbocycles. The number of nitriles is 1. The van der Waals surface area contributed by atoms with Crippen molar-refractivity contribution in [3.05, 3.63) is 29.3 Å². The van der Waals surface area contributed by atoms with E-state index in [0.29, 0.717) is 12.3 Å². The first-order chi connectivity index (χ1) is 11.5. The smallest absolute Gasteiger partial charge is 0.0621 e. The summed E-state index contributed by atoms with van der Waals surface area (Å²) in [6, 6.07) is 8.80. The van der Waals surface area contributed by atoms with Gasteiger partial charge in [0.15, 0.2) is 0 Å². The van der Waals surface area contributed by atoms with Crippen molar-refractivity contribution in [2.24, 2.45) is 5.92 Å². The van der Waals surface area contributed by atoms with Crippen molar-refractivity contribution in [3.8, 4) is 6.07 Å². The van der Waals surface area contributed by atoms with Gasteiger partial charge in [0, 0.05) is 18.7 Å². The van der Waals surface area contributed by atoms with Gasteiger partial charge in [0.2, 0.25) is 0 Å². The first kappa shape index (κ1) is 18.8. The summed E-state index contributed by atoms with van der Waals surface area (Å²) in [5.41, 5.74) is 10.3. The maximum atomic E-state index is 8.60. The number of piperidine rings is 1. The number of likely N-dealkylation sites (tertiary alicyclic amines) is 1. The standard InChI is InChI=1S/C21H33N3/c1-4-18-10-9-11-19(20(18)23)21(3)12-15-24(16-17(21)2)14-8-6-5-7-13-22/h9-11,17H,4-8,12,14-16,23H2,1-3H3. The highest BCUT2D eigenvalue weighted by Gasteiger charge is 2.39. The Morgan fingerprint density at radius 1 is 1.33 bits per heavy atom. The molecule has 1 aliphatic rings. The lowest BCUT2D eigenvalue weighted by atomic mass is 9.67. The van der Waals surface area contributed by atoms with Gasteiger partial charge in [0.05, 0.1) is 6.07 Å². The molecular formula is C21H33N3. The molecule has 2 atom stereocenters. The number of rotatable bonds is 7. The van der Waals surface area contributed by atoms with Crippen molar-refractivity contribution in [2.45, 2.75) is 64.7 Å². The minimum absolute atomic E-state index is 0.173. The number of hydrogen-bond donors (Lipinski definition) is 1. The third-order valence-electron chi connectivity index (χ3n) is 6.02.